The summed E-state index contributed by atoms with van der Waals surface area (Å²) < 4.78 is 2.02. The highest BCUT2D eigenvalue weighted by Gasteiger charge is 2.26. The van der Waals surface area contributed by atoms with E-state index < -0.39 is 6.04 Å². The number of carbonyl (C=O) groups is 2. The summed E-state index contributed by atoms with van der Waals surface area (Å²) in [6, 6.07) is 15.5. The summed E-state index contributed by atoms with van der Waals surface area (Å²) in [7, 11) is 0. The smallest absolute Gasteiger partial charge is 0.242 e. The van der Waals surface area contributed by atoms with Gasteiger partial charge in [-0.2, -0.15) is 0 Å². The Kier molecular flexibility index (Phi) is 10.4. The number of hydrogen-bond donors (Lipinski definition) is 1. The second-order valence-corrected chi connectivity index (χ2v) is 10.1. The topological polar surface area (TPSA) is 49.4 Å². The third-order valence-electron chi connectivity index (χ3n) is 4.84. The number of carbonyl (C=O) groups excluding carboxylic acids is 2. The second kappa shape index (κ2) is 12.5. The van der Waals surface area contributed by atoms with E-state index in [1.54, 1.807) is 23.6 Å². The van der Waals surface area contributed by atoms with Crippen LogP contribution in [-0.4, -0.2) is 34.6 Å². The summed E-state index contributed by atoms with van der Waals surface area (Å²) in [6.07, 6.45) is 0.849. The summed E-state index contributed by atoms with van der Waals surface area (Å²) in [5.41, 5.74) is 2.16. The summed E-state index contributed by atoms with van der Waals surface area (Å²) >= 11 is 8.44. The lowest BCUT2D eigenvalue weighted by molar-refractivity contribution is -0.138. The predicted molar refractivity (Wildman–Crippen MR) is 132 cm³/mol. The van der Waals surface area contributed by atoms with Crippen LogP contribution in [0, 0.1) is 0 Å². The van der Waals surface area contributed by atoms with Crippen molar-refractivity contribution in [3.8, 4) is 0 Å². The molecule has 0 unspecified atom stereocenters. The van der Waals surface area contributed by atoms with Crippen LogP contribution < -0.4 is 5.32 Å². The van der Waals surface area contributed by atoms with Gasteiger partial charge in [-0.25, -0.2) is 0 Å². The first-order chi connectivity index (χ1) is 14.3. The van der Waals surface area contributed by atoms with Crippen molar-refractivity contribution in [2.75, 3.05) is 5.75 Å². The maximum absolute atomic E-state index is 13.1. The SMILES string of the molecule is CC[C@H](C)NC(=O)[C@@H](C)N(Cc1ccc(Br)cc1)C(=O)CSCc1ccc(Br)cc1. The highest BCUT2D eigenvalue weighted by molar-refractivity contribution is 9.10. The van der Waals surface area contributed by atoms with Crippen molar-refractivity contribution in [1.82, 2.24) is 10.2 Å². The largest absolute Gasteiger partial charge is 0.352 e. The van der Waals surface area contributed by atoms with E-state index in [2.05, 4.69) is 37.2 Å². The summed E-state index contributed by atoms with van der Waals surface area (Å²) in [6.45, 7) is 6.20. The lowest BCUT2D eigenvalue weighted by Gasteiger charge is -2.29. The van der Waals surface area contributed by atoms with Crippen molar-refractivity contribution in [2.45, 2.75) is 51.6 Å². The van der Waals surface area contributed by atoms with Gasteiger partial charge in [0.2, 0.25) is 11.8 Å². The Morgan fingerprint density at radius 2 is 1.50 bits per heavy atom. The van der Waals surface area contributed by atoms with Gasteiger partial charge in [-0.3, -0.25) is 9.59 Å². The number of amides is 2. The normalized spacial score (nSPS) is 12.8. The first-order valence-electron chi connectivity index (χ1n) is 9.96. The first kappa shape index (κ1) is 25.0. The molecule has 1 N–H and O–H groups in total. The minimum atomic E-state index is -0.538. The zero-order valence-electron chi connectivity index (χ0n) is 17.5. The molecule has 2 aromatic carbocycles. The van der Waals surface area contributed by atoms with Gasteiger partial charge >= 0.3 is 0 Å². The van der Waals surface area contributed by atoms with Gasteiger partial charge in [-0.05, 0) is 55.7 Å². The average Bonchev–Trinajstić information content (AvgIpc) is 2.74. The molecule has 0 spiro atoms. The Bertz CT molecular complexity index is 828. The second-order valence-electron chi connectivity index (χ2n) is 7.26. The summed E-state index contributed by atoms with van der Waals surface area (Å²) in [5, 5.41) is 3.00. The quantitative estimate of drug-likeness (QED) is 0.404. The van der Waals surface area contributed by atoms with E-state index in [-0.39, 0.29) is 17.9 Å². The first-order valence-corrected chi connectivity index (χ1v) is 12.7. The number of benzene rings is 2. The number of rotatable bonds is 10. The molecular weight excluding hydrogens is 528 g/mol. The molecule has 0 aromatic heterocycles. The van der Waals surface area contributed by atoms with Gasteiger partial charge in [-0.15, -0.1) is 11.8 Å². The van der Waals surface area contributed by atoms with Crippen LogP contribution in [0.25, 0.3) is 0 Å². The van der Waals surface area contributed by atoms with Crippen LogP contribution in [0.3, 0.4) is 0 Å². The van der Waals surface area contributed by atoms with Crippen LogP contribution >= 0.6 is 43.6 Å². The van der Waals surface area contributed by atoms with Crippen molar-refractivity contribution in [3.63, 3.8) is 0 Å². The van der Waals surface area contributed by atoms with Gasteiger partial charge in [0.15, 0.2) is 0 Å². The van der Waals surface area contributed by atoms with Crippen LogP contribution in [0.1, 0.15) is 38.3 Å². The van der Waals surface area contributed by atoms with E-state index in [4.69, 9.17) is 0 Å². The molecule has 0 fully saturated rings. The molecule has 7 heteroatoms. The molecule has 2 amide bonds. The van der Waals surface area contributed by atoms with Gasteiger partial charge in [-0.1, -0.05) is 63.0 Å². The fourth-order valence-electron chi connectivity index (χ4n) is 2.75. The molecular formula is C23H28Br2N2O2S. The Hall–Kier alpha value is -1.31. The summed E-state index contributed by atoms with van der Waals surface area (Å²) in [5.74, 6) is 0.922. The number of nitrogens with one attached hydrogen (secondary N) is 1. The van der Waals surface area contributed by atoms with Crippen LogP contribution in [0.15, 0.2) is 57.5 Å². The predicted octanol–water partition coefficient (Wildman–Crippen LogP) is 5.78. The lowest BCUT2D eigenvalue weighted by Crippen LogP contribution is -2.50. The van der Waals surface area contributed by atoms with Crippen LogP contribution in [-0.2, 0) is 21.9 Å². The van der Waals surface area contributed by atoms with Gasteiger partial charge in [0.05, 0.1) is 5.75 Å². The zero-order valence-corrected chi connectivity index (χ0v) is 21.5. The van der Waals surface area contributed by atoms with Crippen molar-refractivity contribution >= 4 is 55.4 Å². The Balaban J connectivity index is 2.06. The minimum absolute atomic E-state index is 0.0353. The van der Waals surface area contributed by atoms with Crippen LogP contribution in [0.4, 0.5) is 0 Å². The van der Waals surface area contributed by atoms with Gasteiger partial charge in [0.1, 0.15) is 6.04 Å². The maximum Gasteiger partial charge on any atom is 0.242 e. The van der Waals surface area contributed by atoms with Gasteiger partial charge in [0, 0.05) is 27.3 Å². The molecule has 2 rings (SSSR count). The molecule has 0 saturated heterocycles. The molecule has 2 aromatic rings. The van der Waals surface area contributed by atoms with Gasteiger partial charge in [0.25, 0.3) is 0 Å². The summed E-state index contributed by atoms with van der Waals surface area (Å²) in [4.78, 5) is 27.5. The molecule has 4 nitrogen and oxygen atoms in total. The van der Waals surface area contributed by atoms with E-state index in [9.17, 15) is 9.59 Å². The molecule has 30 heavy (non-hydrogen) atoms. The molecule has 0 aliphatic heterocycles. The van der Waals surface area contributed by atoms with Crippen molar-refractivity contribution in [3.05, 3.63) is 68.6 Å². The third-order valence-corrected chi connectivity index (χ3v) is 6.89. The highest BCUT2D eigenvalue weighted by atomic mass is 79.9. The lowest BCUT2D eigenvalue weighted by atomic mass is 10.1. The molecule has 0 aliphatic carbocycles. The number of thioether (sulfide) groups is 1. The monoisotopic (exact) mass is 554 g/mol. The molecule has 0 bridgehead atoms. The molecule has 0 heterocycles. The van der Waals surface area contributed by atoms with Crippen LogP contribution in [0.5, 0.6) is 0 Å². The Morgan fingerprint density at radius 3 is 2.03 bits per heavy atom. The fourth-order valence-corrected chi connectivity index (χ4v) is 4.15. The van der Waals surface area contributed by atoms with E-state index in [0.29, 0.717) is 12.3 Å². The molecule has 2 atom stereocenters. The Labute approximate surface area is 200 Å². The van der Waals surface area contributed by atoms with Crippen molar-refractivity contribution < 1.29 is 9.59 Å². The van der Waals surface area contributed by atoms with Crippen molar-refractivity contribution in [1.29, 1.82) is 0 Å². The maximum atomic E-state index is 13.1. The fraction of sp³-hybridized carbons (Fsp3) is 0.391. The number of nitrogens with zero attached hydrogens (tertiary/aromatic N) is 1. The highest BCUT2D eigenvalue weighted by Crippen LogP contribution is 2.19. The van der Waals surface area contributed by atoms with Crippen molar-refractivity contribution in [2.24, 2.45) is 0 Å². The standard InChI is InChI=1S/C23H28Br2N2O2S/c1-4-16(2)26-23(29)17(3)27(13-18-5-9-20(24)10-6-18)22(28)15-30-14-19-7-11-21(25)12-8-19/h5-12,16-17H,4,13-15H2,1-3H3,(H,26,29)/t16-,17+/m0/s1. The number of halogens is 2. The third kappa shape index (κ3) is 8.08. The van der Waals surface area contributed by atoms with Crippen LogP contribution in [0.2, 0.25) is 0 Å². The van der Waals surface area contributed by atoms with E-state index in [1.807, 2.05) is 62.4 Å². The molecule has 0 saturated carbocycles. The van der Waals surface area contributed by atoms with Gasteiger partial charge < -0.3 is 10.2 Å². The molecule has 162 valence electrons. The van der Waals surface area contributed by atoms with E-state index in [0.717, 1.165) is 32.2 Å². The zero-order chi connectivity index (χ0) is 22.1. The molecule has 0 radical (unpaired) electrons. The number of hydrogen-bond acceptors (Lipinski definition) is 3. The molecule has 0 aliphatic rings. The van der Waals surface area contributed by atoms with E-state index >= 15 is 0 Å². The average molecular weight is 556 g/mol. The van der Waals surface area contributed by atoms with E-state index in [1.165, 1.54) is 0 Å². The Morgan fingerprint density at radius 1 is 0.967 bits per heavy atom. The minimum Gasteiger partial charge on any atom is -0.352 e.